The van der Waals surface area contributed by atoms with Crippen LogP contribution in [-0.4, -0.2) is 16.0 Å². The maximum absolute atomic E-state index is 13.2. The summed E-state index contributed by atoms with van der Waals surface area (Å²) >= 11 is 0. The summed E-state index contributed by atoms with van der Waals surface area (Å²) in [5.74, 6) is 0.932. The number of halogens is 3. The number of anilines is 2. The molecule has 0 saturated carbocycles. The molecular weight excluding hydrogens is 341 g/mol. The Kier molecular flexibility index (Phi) is 4.97. The molecule has 0 amide bonds. The molecule has 0 aliphatic heterocycles. The minimum absolute atomic E-state index is 0.0117. The average molecular weight is 360 g/mol. The number of aromatic nitrogens is 2. The van der Waals surface area contributed by atoms with Gasteiger partial charge in [-0.3, -0.25) is 0 Å². The summed E-state index contributed by atoms with van der Waals surface area (Å²) in [5, 5.41) is 6.92. The van der Waals surface area contributed by atoms with E-state index in [1.165, 1.54) is 12.1 Å². The van der Waals surface area contributed by atoms with Gasteiger partial charge in [0.25, 0.3) is 0 Å². The quantitative estimate of drug-likeness (QED) is 0.666. The highest BCUT2D eigenvalue weighted by atomic mass is 19.4. The van der Waals surface area contributed by atoms with E-state index in [1.54, 1.807) is 6.07 Å². The van der Waals surface area contributed by atoms with Crippen molar-refractivity contribution in [1.29, 1.82) is 0 Å². The highest BCUT2D eigenvalue weighted by molar-refractivity contribution is 5.90. The molecule has 1 aromatic heterocycles. The largest absolute Gasteiger partial charge is 0.416 e. The third-order valence-corrected chi connectivity index (χ3v) is 3.79. The summed E-state index contributed by atoms with van der Waals surface area (Å²) in [6, 6.07) is 13.0. The number of hydrogen-bond donors (Lipinski definition) is 2. The molecule has 2 N–H and O–H groups in total. The first-order valence-corrected chi connectivity index (χ1v) is 8.27. The fourth-order valence-electron chi connectivity index (χ4n) is 2.66. The van der Waals surface area contributed by atoms with Crippen LogP contribution in [0.1, 0.15) is 25.0 Å². The van der Waals surface area contributed by atoms with Gasteiger partial charge < -0.3 is 10.6 Å². The molecule has 1 heterocycles. The number of hydrogen-bond acceptors (Lipinski definition) is 4. The Labute approximate surface area is 149 Å². The van der Waals surface area contributed by atoms with Gasteiger partial charge >= 0.3 is 6.18 Å². The van der Waals surface area contributed by atoms with Gasteiger partial charge in [0.15, 0.2) is 0 Å². The van der Waals surface area contributed by atoms with Crippen molar-refractivity contribution in [2.45, 2.75) is 32.6 Å². The Bertz CT molecular complexity index is 907. The molecule has 26 heavy (non-hydrogen) atoms. The van der Waals surface area contributed by atoms with Crippen LogP contribution in [0.15, 0.2) is 48.5 Å². The normalized spacial score (nSPS) is 11.8. The Morgan fingerprint density at radius 2 is 1.65 bits per heavy atom. The van der Waals surface area contributed by atoms with Crippen LogP contribution in [-0.2, 0) is 12.7 Å². The van der Waals surface area contributed by atoms with Crippen molar-refractivity contribution in [3.05, 3.63) is 59.7 Å². The summed E-state index contributed by atoms with van der Waals surface area (Å²) in [7, 11) is 0. The lowest BCUT2D eigenvalue weighted by atomic mass is 10.1. The van der Waals surface area contributed by atoms with Crippen LogP contribution in [0.25, 0.3) is 10.9 Å². The predicted octanol–water partition coefficient (Wildman–Crippen LogP) is 5.08. The molecule has 0 atom stereocenters. The molecule has 3 aromatic rings. The monoisotopic (exact) mass is 360 g/mol. The van der Waals surface area contributed by atoms with Crippen LogP contribution in [0, 0.1) is 0 Å². The van der Waals surface area contributed by atoms with Gasteiger partial charge in [-0.15, -0.1) is 0 Å². The number of alkyl halides is 3. The summed E-state index contributed by atoms with van der Waals surface area (Å²) in [6.07, 6.45) is -4.39. The Balaban J connectivity index is 1.94. The number of fused-ring (bicyclic) bond motifs is 1. The molecule has 0 aliphatic carbocycles. The van der Waals surface area contributed by atoms with E-state index in [4.69, 9.17) is 0 Å². The van der Waals surface area contributed by atoms with Crippen molar-refractivity contribution in [1.82, 2.24) is 9.97 Å². The highest BCUT2D eigenvalue weighted by Gasteiger charge is 2.32. The maximum Gasteiger partial charge on any atom is 0.416 e. The number of rotatable bonds is 5. The van der Waals surface area contributed by atoms with Gasteiger partial charge in [-0.25, -0.2) is 4.98 Å². The van der Waals surface area contributed by atoms with Gasteiger partial charge in [-0.05, 0) is 37.6 Å². The fraction of sp³-hybridized carbons (Fsp3) is 0.263. The van der Waals surface area contributed by atoms with E-state index in [9.17, 15) is 13.2 Å². The standard InChI is InChI=1S/C19H19F3N4/c1-12(2)24-18-25-16-10-6-4-8-14(16)17(26-18)23-11-13-7-3-5-9-15(13)19(20,21)22/h3-10,12H,11H2,1-2H3,(H2,23,24,25,26). The van der Waals surface area contributed by atoms with Crippen molar-refractivity contribution in [2.75, 3.05) is 10.6 Å². The van der Waals surface area contributed by atoms with E-state index in [0.29, 0.717) is 11.8 Å². The van der Waals surface area contributed by atoms with Gasteiger partial charge in [0.1, 0.15) is 5.82 Å². The maximum atomic E-state index is 13.2. The van der Waals surface area contributed by atoms with E-state index in [0.717, 1.165) is 17.0 Å². The predicted molar refractivity (Wildman–Crippen MR) is 97.1 cm³/mol. The second kappa shape index (κ2) is 7.19. The second-order valence-electron chi connectivity index (χ2n) is 6.22. The SMILES string of the molecule is CC(C)Nc1nc(NCc2ccccc2C(F)(F)F)c2ccccc2n1. The fourth-order valence-corrected chi connectivity index (χ4v) is 2.66. The van der Waals surface area contributed by atoms with Crippen molar-refractivity contribution in [3.63, 3.8) is 0 Å². The highest BCUT2D eigenvalue weighted by Crippen LogP contribution is 2.32. The van der Waals surface area contributed by atoms with E-state index in [-0.39, 0.29) is 18.2 Å². The smallest absolute Gasteiger partial charge is 0.365 e. The van der Waals surface area contributed by atoms with Gasteiger partial charge in [0.2, 0.25) is 5.95 Å². The minimum atomic E-state index is -4.39. The topological polar surface area (TPSA) is 49.8 Å². The molecule has 0 radical (unpaired) electrons. The Hall–Kier alpha value is -2.83. The zero-order valence-electron chi connectivity index (χ0n) is 14.4. The lowest BCUT2D eigenvalue weighted by Gasteiger charge is -2.16. The van der Waals surface area contributed by atoms with Crippen LogP contribution < -0.4 is 10.6 Å². The van der Waals surface area contributed by atoms with Gasteiger partial charge in [-0.1, -0.05) is 30.3 Å². The number of nitrogens with one attached hydrogen (secondary N) is 2. The average Bonchev–Trinajstić information content (AvgIpc) is 2.58. The van der Waals surface area contributed by atoms with Crippen LogP contribution in [0.2, 0.25) is 0 Å². The zero-order chi connectivity index (χ0) is 18.7. The van der Waals surface area contributed by atoms with E-state index < -0.39 is 11.7 Å². The summed E-state index contributed by atoms with van der Waals surface area (Å²) in [5.41, 5.74) is 0.240. The molecule has 0 spiro atoms. The van der Waals surface area contributed by atoms with Crippen molar-refractivity contribution in [3.8, 4) is 0 Å². The zero-order valence-corrected chi connectivity index (χ0v) is 14.4. The van der Waals surface area contributed by atoms with Crippen molar-refractivity contribution < 1.29 is 13.2 Å². The van der Waals surface area contributed by atoms with Crippen LogP contribution in [0.3, 0.4) is 0 Å². The first kappa shape index (κ1) is 18.0. The van der Waals surface area contributed by atoms with Crippen LogP contribution in [0.5, 0.6) is 0 Å². The molecule has 0 fully saturated rings. The third-order valence-electron chi connectivity index (χ3n) is 3.79. The first-order valence-electron chi connectivity index (χ1n) is 8.27. The van der Waals surface area contributed by atoms with Gasteiger partial charge in [0.05, 0.1) is 11.1 Å². The van der Waals surface area contributed by atoms with Crippen molar-refractivity contribution >= 4 is 22.7 Å². The molecule has 0 aliphatic rings. The Morgan fingerprint density at radius 1 is 0.962 bits per heavy atom. The number of nitrogens with zero attached hydrogens (tertiary/aromatic N) is 2. The molecule has 0 saturated heterocycles. The van der Waals surface area contributed by atoms with E-state index >= 15 is 0 Å². The Morgan fingerprint density at radius 3 is 2.38 bits per heavy atom. The number of benzene rings is 2. The lowest BCUT2D eigenvalue weighted by Crippen LogP contribution is -2.15. The molecule has 0 bridgehead atoms. The molecule has 7 heteroatoms. The van der Waals surface area contributed by atoms with Gasteiger partial charge in [0, 0.05) is 18.0 Å². The van der Waals surface area contributed by atoms with E-state index in [2.05, 4.69) is 20.6 Å². The molecular formula is C19H19F3N4. The van der Waals surface area contributed by atoms with E-state index in [1.807, 2.05) is 38.1 Å². The second-order valence-corrected chi connectivity index (χ2v) is 6.22. The minimum Gasteiger partial charge on any atom is -0.365 e. The van der Waals surface area contributed by atoms with Crippen molar-refractivity contribution in [2.24, 2.45) is 0 Å². The summed E-state index contributed by atoms with van der Waals surface area (Å²) in [6.45, 7) is 3.94. The lowest BCUT2D eigenvalue weighted by molar-refractivity contribution is -0.138. The number of para-hydroxylation sites is 1. The van der Waals surface area contributed by atoms with Gasteiger partial charge in [-0.2, -0.15) is 18.2 Å². The summed E-state index contributed by atoms with van der Waals surface area (Å²) in [4.78, 5) is 8.88. The van der Waals surface area contributed by atoms with Crippen LogP contribution >= 0.6 is 0 Å². The molecule has 2 aromatic carbocycles. The van der Waals surface area contributed by atoms with Crippen LogP contribution in [0.4, 0.5) is 24.9 Å². The molecule has 136 valence electrons. The molecule has 4 nitrogen and oxygen atoms in total. The first-order chi connectivity index (χ1) is 12.3. The molecule has 3 rings (SSSR count). The third kappa shape index (κ3) is 4.04. The molecule has 0 unspecified atom stereocenters. The summed E-state index contributed by atoms with van der Waals surface area (Å²) < 4.78 is 39.5.